The summed E-state index contributed by atoms with van der Waals surface area (Å²) in [5.41, 5.74) is 0.0962. The van der Waals surface area contributed by atoms with Crippen LogP contribution in [0.4, 0.5) is 5.13 Å². The third-order valence-corrected chi connectivity index (χ3v) is 4.26. The van der Waals surface area contributed by atoms with Gasteiger partial charge >= 0.3 is 5.97 Å². The second-order valence-corrected chi connectivity index (χ2v) is 5.56. The van der Waals surface area contributed by atoms with E-state index in [0.717, 1.165) is 6.42 Å². The first kappa shape index (κ1) is 15.6. The predicted molar refractivity (Wildman–Crippen MR) is 76.0 cm³/mol. The number of ether oxygens (including phenoxy) is 1. The van der Waals surface area contributed by atoms with Crippen LogP contribution < -0.4 is 5.32 Å². The second kappa shape index (κ2) is 6.65. The largest absolute Gasteiger partial charge is 0.464 e. The Morgan fingerprint density at radius 3 is 2.53 bits per heavy atom. The number of anilines is 1. The third kappa shape index (κ3) is 3.76. The van der Waals surface area contributed by atoms with E-state index in [2.05, 4.69) is 35.8 Å². The van der Waals surface area contributed by atoms with E-state index in [9.17, 15) is 9.59 Å². The van der Waals surface area contributed by atoms with Crippen LogP contribution in [0.15, 0.2) is 0 Å². The zero-order chi connectivity index (χ0) is 14.6. The van der Waals surface area contributed by atoms with Crippen LogP contribution in [-0.4, -0.2) is 29.9 Å². The van der Waals surface area contributed by atoms with E-state index in [1.54, 1.807) is 0 Å². The number of rotatable bonds is 6. The molecule has 106 valence electrons. The molecule has 0 aliphatic carbocycles. The van der Waals surface area contributed by atoms with Crippen molar-refractivity contribution in [3.63, 3.8) is 0 Å². The third-order valence-electron chi connectivity index (χ3n) is 3.17. The molecule has 2 atom stereocenters. The van der Waals surface area contributed by atoms with Crippen molar-refractivity contribution in [3.05, 3.63) is 10.6 Å². The Balaban J connectivity index is 2.98. The average molecular weight is 284 g/mol. The number of esters is 1. The first-order valence-corrected chi connectivity index (χ1v) is 7.08. The van der Waals surface area contributed by atoms with Gasteiger partial charge in [-0.1, -0.05) is 31.6 Å². The van der Waals surface area contributed by atoms with Crippen LogP contribution >= 0.6 is 11.3 Å². The lowest BCUT2D eigenvalue weighted by Gasteiger charge is -2.18. The molecule has 1 heterocycles. The van der Waals surface area contributed by atoms with Gasteiger partial charge in [0.1, 0.15) is 4.88 Å². The normalized spacial score (nSPS) is 13.7. The summed E-state index contributed by atoms with van der Waals surface area (Å²) in [6.45, 7) is 7.73. The summed E-state index contributed by atoms with van der Waals surface area (Å²) < 4.78 is 4.64. The second-order valence-electron chi connectivity index (χ2n) is 4.56. The summed E-state index contributed by atoms with van der Waals surface area (Å²) in [6.07, 6.45) is 1.04. The molecule has 1 aromatic heterocycles. The number of aromatic nitrogens is 1. The molecule has 1 rings (SSSR count). The maximum atomic E-state index is 11.6. The topological polar surface area (TPSA) is 68.3 Å². The quantitative estimate of drug-likeness (QED) is 0.642. The van der Waals surface area contributed by atoms with Crippen LogP contribution in [0.1, 0.15) is 54.3 Å². The summed E-state index contributed by atoms with van der Waals surface area (Å²) in [5.74, 6) is -0.279. The highest BCUT2D eigenvalue weighted by molar-refractivity contribution is 7.17. The fraction of sp³-hybridized carbons (Fsp3) is 0.615. The number of hydrogen-bond donors (Lipinski definition) is 1. The van der Waals surface area contributed by atoms with Crippen LogP contribution in [0.2, 0.25) is 0 Å². The smallest absolute Gasteiger partial charge is 0.358 e. The summed E-state index contributed by atoms with van der Waals surface area (Å²) in [4.78, 5) is 27.6. The van der Waals surface area contributed by atoms with E-state index < -0.39 is 5.97 Å². The van der Waals surface area contributed by atoms with Gasteiger partial charge in [-0.25, -0.2) is 9.78 Å². The summed E-state index contributed by atoms with van der Waals surface area (Å²) >= 11 is 1.19. The van der Waals surface area contributed by atoms with E-state index in [-0.39, 0.29) is 17.5 Å². The lowest BCUT2D eigenvalue weighted by Crippen LogP contribution is -2.23. The molecule has 1 N–H and O–H groups in total. The molecule has 0 aromatic carbocycles. The molecule has 0 aliphatic heterocycles. The van der Waals surface area contributed by atoms with Gasteiger partial charge in [0.05, 0.1) is 7.11 Å². The van der Waals surface area contributed by atoms with Gasteiger partial charge in [0.15, 0.2) is 16.6 Å². The molecule has 6 heteroatoms. The minimum Gasteiger partial charge on any atom is -0.464 e. The maximum absolute atomic E-state index is 11.6. The van der Waals surface area contributed by atoms with Gasteiger partial charge in [0.25, 0.3) is 0 Å². The molecule has 0 spiro atoms. The van der Waals surface area contributed by atoms with Crippen molar-refractivity contribution in [2.75, 3.05) is 12.4 Å². The van der Waals surface area contributed by atoms with Crippen LogP contribution in [0.5, 0.6) is 0 Å². The Bertz CT molecular complexity index is 470. The summed E-state index contributed by atoms with van der Waals surface area (Å²) in [5, 5.41) is 3.82. The van der Waals surface area contributed by atoms with Crippen LogP contribution in [-0.2, 0) is 4.74 Å². The van der Waals surface area contributed by atoms with Crippen molar-refractivity contribution in [2.24, 2.45) is 5.92 Å². The fourth-order valence-corrected chi connectivity index (χ4v) is 2.49. The van der Waals surface area contributed by atoms with E-state index in [4.69, 9.17) is 0 Å². The van der Waals surface area contributed by atoms with Crippen LogP contribution in [0.3, 0.4) is 0 Å². The Kier molecular flexibility index (Phi) is 5.47. The summed E-state index contributed by atoms with van der Waals surface area (Å²) in [7, 11) is 1.28. The summed E-state index contributed by atoms with van der Waals surface area (Å²) in [6, 6.07) is 0.224. The highest BCUT2D eigenvalue weighted by Crippen LogP contribution is 2.26. The fourth-order valence-electron chi connectivity index (χ4n) is 1.55. The molecule has 19 heavy (non-hydrogen) atoms. The minimum absolute atomic E-state index is 0.0962. The molecule has 0 saturated carbocycles. The molecule has 0 fully saturated rings. The zero-order valence-electron chi connectivity index (χ0n) is 11.9. The van der Waals surface area contributed by atoms with Gasteiger partial charge in [0, 0.05) is 13.0 Å². The first-order chi connectivity index (χ1) is 8.90. The maximum Gasteiger partial charge on any atom is 0.358 e. The molecule has 0 amide bonds. The number of hydrogen-bond acceptors (Lipinski definition) is 6. The molecule has 1 aromatic rings. The van der Waals surface area contributed by atoms with Crippen LogP contribution in [0, 0.1) is 5.92 Å². The van der Waals surface area contributed by atoms with Gasteiger partial charge in [-0.3, -0.25) is 4.79 Å². The predicted octanol–water partition coefficient (Wildman–Crippen LogP) is 2.98. The standard InChI is InChI=1S/C13H20N2O3S/c1-6-7(2)8(3)14-13-15-10(12(17)18-5)11(19-13)9(4)16/h7-8H,6H2,1-5H3,(H,14,15). The number of nitrogens with zero attached hydrogens (tertiary/aromatic N) is 1. The molecular formula is C13H20N2O3S. The average Bonchev–Trinajstić information content (AvgIpc) is 2.80. The highest BCUT2D eigenvalue weighted by atomic mass is 32.1. The van der Waals surface area contributed by atoms with Crippen LogP contribution in [0.25, 0.3) is 0 Å². The molecular weight excluding hydrogens is 264 g/mol. The highest BCUT2D eigenvalue weighted by Gasteiger charge is 2.22. The Morgan fingerprint density at radius 2 is 2.05 bits per heavy atom. The Hall–Kier alpha value is -1.43. The van der Waals surface area contributed by atoms with Crippen molar-refractivity contribution in [1.29, 1.82) is 0 Å². The van der Waals surface area contributed by atoms with E-state index in [1.807, 2.05) is 0 Å². The lowest BCUT2D eigenvalue weighted by molar-refractivity contribution is 0.0591. The monoisotopic (exact) mass is 284 g/mol. The van der Waals surface area contributed by atoms with E-state index >= 15 is 0 Å². The van der Waals surface area contributed by atoms with Crippen molar-refractivity contribution in [2.45, 2.75) is 40.2 Å². The Labute approximate surface area is 117 Å². The number of nitrogens with one attached hydrogen (secondary N) is 1. The number of ketones is 1. The van der Waals surface area contributed by atoms with Gasteiger partial charge in [0.2, 0.25) is 0 Å². The van der Waals surface area contributed by atoms with Crippen molar-refractivity contribution in [1.82, 2.24) is 4.98 Å². The van der Waals surface area contributed by atoms with Gasteiger partial charge in [-0.05, 0) is 12.8 Å². The molecule has 5 nitrogen and oxygen atoms in total. The van der Waals surface area contributed by atoms with Gasteiger partial charge in [-0.2, -0.15) is 0 Å². The number of thiazole rings is 1. The van der Waals surface area contributed by atoms with Crippen molar-refractivity contribution >= 4 is 28.2 Å². The van der Waals surface area contributed by atoms with Gasteiger partial charge in [-0.15, -0.1) is 0 Å². The number of methoxy groups -OCH3 is 1. The number of carbonyl (C=O) groups excluding carboxylic acids is 2. The molecule has 0 aliphatic rings. The minimum atomic E-state index is -0.578. The molecule has 0 radical (unpaired) electrons. The van der Waals surface area contributed by atoms with Gasteiger partial charge < -0.3 is 10.1 Å². The molecule has 2 unspecified atom stereocenters. The first-order valence-electron chi connectivity index (χ1n) is 6.27. The SMILES string of the molecule is CCC(C)C(C)Nc1nc(C(=O)OC)c(C(C)=O)s1. The van der Waals surface area contributed by atoms with E-state index in [1.165, 1.54) is 25.4 Å². The number of Topliss-reactive ketones (excluding diaryl/α,β-unsaturated/α-hetero) is 1. The number of carbonyl (C=O) groups is 2. The lowest BCUT2D eigenvalue weighted by atomic mass is 10.0. The van der Waals surface area contributed by atoms with Crippen molar-refractivity contribution < 1.29 is 14.3 Å². The Morgan fingerprint density at radius 1 is 1.42 bits per heavy atom. The van der Waals surface area contributed by atoms with Crippen molar-refractivity contribution in [3.8, 4) is 0 Å². The molecule has 0 saturated heterocycles. The molecule has 0 bridgehead atoms. The zero-order valence-corrected chi connectivity index (χ0v) is 12.8. The van der Waals surface area contributed by atoms with E-state index in [0.29, 0.717) is 15.9 Å².